The quantitative estimate of drug-likeness (QED) is 0.227. The van der Waals surface area contributed by atoms with Gasteiger partial charge in [-0.3, -0.25) is 4.99 Å². The molecule has 1 fully saturated rings. The van der Waals surface area contributed by atoms with Crippen LogP contribution in [-0.4, -0.2) is 18.2 Å². The number of furan rings is 1. The van der Waals surface area contributed by atoms with Gasteiger partial charge in [-0.15, -0.1) is 0 Å². The van der Waals surface area contributed by atoms with Crippen LogP contribution in [0, 0.1) is 13.8 Å². The Hall–Kier alpha value is -3.46. The standard InChI is InChI=1S/C31H32N2O/c1-20-9-15-27-28-16-10-22(3)33-31(28)34-30(27)29(20)21(2)19-26(17-18-32-4)25-13-11-24(12-14-25)23-7-5-6-8-23/h9-19,23H,5-8H2,1-4H3/b21-19+,26-17+,32-18?. The largest absolute Gasteiger partial charge is 0.437 e. The van der Waals surface area contributed by atoms with Crippen LogP contribution in [0.5, 0.6) is 0 Å². The molecule has 2 aromatic carbocycles. The van der Waals surface area contributed by atoms with E-state index in [1.165, 1.54) is 42.4 Å². The summed E-state index contributed by atoms with van der Waals surface area (Å²) < 4.78 is 6.31. The van der Waals surface area contributed by atoms with Gasteiger partial charge in [0.2, 0.25) is 5.71 Å². The summed E-state index contributed by atoms with van der Waals surface area (Å²) in [5.41, 5.74) is 9.86. The molecule has 5 rings (SSSR count). The molecule has 2 heterocycles. The molecule has 0 aliphatic heterocycles. The Balaban J connectivity index is 1.58. The van der Waals surface area contributed by atoms with Crippen molar-refractivity contribution in [3.05, 3.63) is 88.6 Å². The molecule has 0 atom stereocenters. The Kier molecular flexibility index (Phi) is 6.19. The number of aromatic nitrogens is 1. The van der Waals surface area contributed by atoms with E-state index in [2.05, 4.69) is 78.4 Å². The van der Waals surface area contributed by atoms with Crippen molar-refractivity contribution in [1.29, 1.82) is 0 Å². The molecule has 2 aromatic heterocycles. The molecule has 0 N–H and O–H groups in total. The van der Waals surface area contributed by atoms with Crippen molar-refractivity contribution < 1.29 is 4.42 Å². The van der Waals surface area contributed by atoms with Gasteiger partial charge in [0, 0.05) is 35.3 Å². The van der Waals surface area contributed by atoms with E-state index in [1.807, 2.05) is 26.3 Å². The molecule has 34 heavy (non-hydrogen) atoms. The zero-order valence-corrected chi connectivity index (χ0v) is 20.6. The second-order valence-electron chi connectivity index (χ2n) is 9.50. The van der Waals surface area contributed by atoms with E-state index in [4.69, 9.17) is 4.42 Å². The SMILES string of the molecule is CN=C/C=C(\C=C(/C)c1c(C)ccc2c1oc1nc(C)ccc12)c1ccc(C2CCCC2)cc1. The van der Waals surface area contributed by atoms with Crippen molar-refractivity contribution in [3.8, 4) is 0 Å². The minimum atomic E-state index is 0.700. The van der Waals surface area contributed by atoms with Gasteiger partial charge in [0.15, 0.2) is 0 Å². The number of nitrogens with zero attached hydrogens (tertiary/aromatic N) is 2. The third-order valence-electron chi connectivity index (χ3n) is 7.09. The molecule has 0 saturated heterocycles. The highest BCUT2D eigenvalue weighted by Gasteiger charge is 2.18. The molecule has 1 aliphatic rings. The number of benzene rings is 2. The Morgan fingerprint density at radius 3 is 2.44 bits per heavy atom. The Morgan fingerprint density at radius 1 is 0.971 bits per heavy atom. The van der Waals surface area contributed by atoms with Crippen molar-refractivity contribution in [2.45, 2.75) is 52.4 Å². The number of hydrogen-bond donors (Lipinski definition) is 0. The van der Waals surface area contributed by atoms with E-state index >= 15 is 0 Å². The lowest BCUT2D eigenvalue weighted by atomic mass is 9.93. The lowest BCUT2D eigenvalue weighted by molar-refractivity contribution is 0.651. The van der Waals surface area contributed by atoms with Crippen LogP contribution in [0.1, 0.15) is 66.5 Å². The molecule has 172 valence electrons. The van der Waals surface area contributed by atoms with Gasteiger partial charge in [-0.2, -0.15) is 0 Å². The van der Waals surface area contributed by atoms with E-state index in [0.717, 1.165) is 44.7 Å². The molecule has 3 heteroatoms. The number of aliphatic imine (C=N–C) groups is 1. The summed E-state index contributed by atoms with van der Waals surface area (Å²) in [7, 11) is 1.81. The first-order valence-electron chi connectivity index (χ1n) is 12.3. The summed E-state index contributed by atoms with van der Waals surface area (Å²) in [6, 6.07) is 17.6. The maximum atomic E-state index is 6.31. The molecule has 3 nitrogen and oxygen atoms in total. The predicted octanol–water partition coefficient (Wildman–Crippen LogP) is 8.44. The van der Waals surface area contributed by atoms with Crippen LogP contribution in [0.3, 0.4) is 0 Å². The zero-order chi connectivity index (χ0) is 23.7. The second-order valence-corrected chi connectivity index (χ2v) is 9.50. The summed E-state index contributed by atoms with van der Waals surface area (Å²) in [6.45, 7) is 6.30. The van der Waals surface area contributed by atoms with Crippen LogP contribution in [-0.2, 0) is 0 Å². The molecule has 4 aromatic rings. The van der Waals surface area contributed by atoms with Crippen LogP contribution in [0.2, 0.25) is 0 Å². The summed E-state index contributed by atoms with van der Waals surface area (Å²) in [5.74, 6) is 0.724. The van der Waals surface area contributed by atoms with Crippen molar-refractivity contribution in [1.82, 2.24) is 4.98 Å². The highest BCUT2D eigenvalue weighted by atomic mass is 16.3. The first-order valence-corrected chi connectivity index (χ1v) is 12.3. The van der Waals surface area contributed by atoms with Crippen LogP contribution in [0.25, 0.3) is 33.2 Å². The highest BCUT2D eigenvalue weighted by molar-refractivity contribution is 6.08. The lowest BCUT2D eigenvalue weighted by Crippen LogP contribution is -1.93. The number of allylic oxidation sites excluding steroid dienone is 4. The molecular weight excluding hydrogens is 416 g/mol. The maximum Gasteiger partial charge on any atom is 0.227 e. The highest BCUT2D eigenvalue weighted by Crippen LogP contribution is 2.37. The monoisotopic (exact) mass is 448 g/mol. The normalized spacial score (nSPS) is 15.9. The third kappa shape index (κ3) is 4.23. The summed E-state index contributed by atoms with van der Waals surface area (Å²) in [4.78, 5) is 8.83. The van der Waals surface area contributed by atoms with E-state index in [1.54, 1.807) is 0 Å². The molecule has 0 bridgehead atoms. The number of fused-ring (bicyclic) bond motifs is 3. The van der Waals surface area contributed by atoms with Crippen LogP contribution in [0.4, 0.5) is 0 Å². The molecule has 0 unspecified atom stereocenters. The maximum absolute atomic E-state index is 6.31. The van der Waals surface area contributed by atoms with E-state index in [0.29, 0.717) is 5.71 Å². The molecule has 0 radical (unpaired) electrons. The summed E-state index contributed by atoms with van der Waals surface area (Å²) in [5, 5.41) is 2.17. The fraction of sp³-hybridized carbons (Fsp3) is 0.290. The third-order valence-corrected chi connectivity index (χ3v) is 7.09. The zero-order valence-electron chi connectivity index (χ0n) is 20.6. The number of aryl methyl sites for hydroxylation is 2. The van der Waals surface area contributed by atoms with Crippen LogP contribution in [0.15, 0.2) is 70.1 Å². The number of pyridine rings is 1. The van der Waals surface area contributed by atoms with Gasteiger partial charge in [-0.1, -0.05) is 55.3 Å². The Bertz CT molecular complexity index is 1430. The Morgan fingerprint density at radius 2 is 1.71 bits per heavy atom. The van der Waals surface area contributed by atoms with Gasteiger partial charge < -0.3 is 4.42 Å². The average molecular weight is 449 g/mol. The fourth-order valence-corrected chi connectivity index (χ4v) is 5.30. The summed E-state index contributed by atoms with van der Waals surface area (Å²) in [6.07, 6.45) is 11.6. The second kappa shape index (κ2) is 9.42. The van der Waals surface area contributed by atoms with Gasteiger partial charge in [0.25, 0.3) is 0 Å². The smallest absolute Gasteiger partial charge is 0.227 e. The van der Waals surface area contributed by atoms with Gasteiger partial charge >= 0.3 is 0 Å². The summed E-state index contributed by atoms with van der Waals surface area (Å²) >= 11 is 0. The predicted molar refractivity (Wildman–Crippen MR) is 145 cm³/mol. The topological polar surface area (TPSA) is 38.4 Å². The van der Waals surface area contributed by atoms with Gasteiger partial charge in [0.1, 0.15) is 5.58 Å². The molecule has 1 aliphatic carbocycles. The molecule has 0 spiro atoms. The van der Waals surface area contributed by atoms with Crippen LogP contribution < -0.4 is 0 Å². The molecular formula is C31H32N2O. The fourth-order valence-electron chi connectivity index (χ4n) is 5.30. The average Bonchev–Trinajstić information content (AvgIpc) is 3.49. The van der Waals surface area contributed by atoms with Crippen molar-refractivity contribution in [2.75, 3.05) is 7.05 Å². The van der Waals surface area contributed by atoms with Crippen molar-refractivity contribution in [2.24, 2.45) is 4.99 Å². The van der Waals surface area contributed by atoms with E-state index in [-0.39, 0.29) is 0 Å². The number of hydrogen-bond acceptors (Lipinski definition) is 3. The van der Waals surface area contributed by atoms with Crippen LogP contribution >= 0.6 is 0 Å². The van der Waals surface area contributed by atoms with Gasteiger partial charge in [-0.05, 0) is 85.6 Å². The number of rotatable bonds is 5. The van der Waals surface area contributed by atoms with E-state index < -0.39 is 0 Å². The minimum Gasteiger partial charge on any atom is -0.437 e. The minimum absolute atomic E-state index is 0.700. The lowest BCUT2D eigenvalue weighted by Gasteiger charge is -2.12. The van der Waals surface area contributed by atoms with Gasteiger partial charge in [0.05, 0.1) is 0 Å². The molecule has 1 saturated carbocycles. The Labute approximate surface area is 201 Å². The van der Waals surface area contributed by atoms with E-state index in [9.17, 15) is 0 Å². The van der Waals surface area contributed by atoms with Gasteiger partial charge in [-0.25, -0.2) is 4.98 Å². The van der Waals surface area contributed by atoms with Crippen molar-refractivity contribution in [3.63, 3.8) is 0 Å². The first kappa shape index (κ1) is 22.3. The first-order chi connectivity index (χ1) is 16.5. The molecule has 0 amide bonds. The van der Waals surface area contributed by atoms with Crippen molar-refractivity contribution >= 4 is 39.4 Å².